The maximum Gasteiger partial charge on any atom is 0.141 e. The van der Waals surface area contributed by atoms with Gasteiger partial charge in [-0.25, -0.2) is 4.21 Å². The summed E-state index contributed by atoms with van der Waals surface area (Å²) in [5, 5.41) is 0.0480. The minimum absolute atomic E-state index is 0.0480. The van der Waals surface area contributed by atoms with E-state index in [0.717, 1.165) is 11.3 Å². The number of benzene rings is 1. The standard InChI is InChI=1S/C11H15NO2S/c1-9(2)15(13)12-8-10-5-4-6-11(7-10)14-3/h4-9H,1-3H3/b12-8+. The van der Waals surface area contributed by atoms with Crippen LogP contribution >= 0.6 is 0 Å². The molecule has 1 unspecified atom stereocenters. The van der Waals surface area contributed by atoms with Crippen LogP contribution in [0.2, 0.25) is 0 Å². The number of hydrogen-bond donors (Lipinski definition) is 0. The molecule has 1 rings (SSSR count). The number of methoxy groups -OCH3 is 1. The van der Waals surface area contributed by atoms with Crippen LogP contribution in [0.4, 0.5) is 0 Å². The topological polar surface area (TPSA) is 38.7 Å². The average Bonchev–Trinajstić information content (AvgIpc) is 2.26. The average molecular weight is 225 g/mol. The zero-order valence-corrected chi connectivity index (χ0v) is 9.95. The maximum absolute atomic E-state index is 11.4. The zero-order chi connectivity index (χ0) is 11.3. The Labute approximate surface area is 92.8 Å². The molecule has 4 heteroatoms. The molecule has 0 aliphatic rings. The molecule has 0 aliphatic carbocycles. The Morgan fingerprint density at radius 3 is 2.80 bits per heavy atom. The van der Waals surface area contributed by atoms with E-state index in [9.17, 15) is 4.21 Å². The Bertz CT molecular complexity index is 375. The van der Waals surface area contributed by atoms with E-state index in [1.165, 1.54) is 0 Å². The fourth-order valence-electron chi connectivity index (χ4n) is 0.956. The Kier molecular flexibility index (Phi) is 4.49. The maximum atomic E-state index is 11.4. The summed E-state index contributed by atoms with van der Waals surface area (Å²) in [6.07, 6.45) is 1.61. The summed E-state index contributed by atoms with van der Waals surface area (Å²) in [5.74, 6) is 0.772. The third kappa shape index (κ3) is 3.83. The van der Waals surface area contributed by atoms with Crippen molar-refractivity contribution in [2.45, 2.75) is 19.1 Å². The molecule has 3 nitrogen and oxygen atoms in total. The first-order valence-electron chi connectivity index (χ1n) is 4.72. The summed E-state index contributed by atoms with van der Waals surface area (Å²) in [6, 6.07) is 7.47. The van der Waals surface area contributed by atoms with Crippen LogP contribution in [0.25, 0.3) is 0 Å². The van der Waals surface area contributed by atoms with E-state index in [1.54, 1.807) is 13.3 Å². The molecule has 1 atom stereocenters. The Balaban J connectivity index is 2.76. The van der Waals surface area contributed by atoms with Gasteiger partial charge in [0.1, 0.15) is 16.7 Å². The van der Waals surface area contributed by atoms with Gasteiger partial charge >= 0.3 is 0 Å². The summed E-state index contributed by atoms with van der Waals surface area (Å²) in [4.78, 5) is 0. The minimum Gasteiger partial charge on any atom is -0.497 e. The smallest absolute Gasteiger partial charge is 0.141 e. The van der Waals surface area contributed by atoms with Crippen molar-refractivity contribution in [3.05, 3.63) is 29.8 Å². The van der Waals surface area contributed by atoms with Crippen LogP contribution in [0.5, 0.6) is 5.75 Å². The van der Waals surface area contributed by atoms with Crippen molar-refractivity contribution in [1.29, 1.82) is 0 Å². The molecule has 0 spiro atoms. The lowest BCUT2D eigenvalue weighted by Gasteiger charge is -2.00. The van der Waals surface area contributed by atoms with E-state index >= 15 is 0 Å². The summed E-state index contributed by atoms with van der Waals surface area (Å²) < 4.78 is 20.4. The second-order valence-electron chi connectivity index (χ2n) is 3.34. The normalized spacial score (nSPS) is 13.3. The molecule has 0 amide bonds. The van der Waals surface area contributed by atoms with Crippen molar-refractivity contribution in [3.8, 4) is 5.75 Å². The van der Waals surface area contributed by atoms with E-state index in [4.69, 9.17) is 4.74 Å². The zero-order valence-electron chi connectivity index (χ0n) is 9.14. The molecule has 0 heterocycles. The summed E-state index contributed by atoms with van der Waals surface area (Å²) in [5.41, 5.74) is 0.892. The van der Waals surface area contributed by atoms with E-state index < -0.39 is 11.0 Å². The Morgan fingerprint density at radius 2 is 2.20 bits per heavy atom. The molecule has 0 radical (unpaired) electrons. The van der Waals surface area contributed by atoms with E-state index in [2.05, 4.69) is 4.40 Å². The van der Waals surface area contributed by atoms with Crippen LogP contribution in [-0.2, 0) is 11.0 Å². The van der Waals surface area contributed by atoms with Gasteiger partial charge in [0.2, 0.25) is 0 Å². The van der Waals surface area contributed by atoms with Crippen molar-refractivity contribution < 1.29 is 8.95 Å². The molecule has 1 aromatic rings. The lowest BCUT2D eigenvalue weighted by molar-refractivity contribution is 0.415. The van der Waals surface area contributed by atoms with E-state index in [-0.39, 0.29) is 5.25 Å². The molecule has 0 aromatic heterocycles. The quantitative estimate of drug-likeness (QED) is 0.737. The van der Waals surface area contributed by atoms with E-state index in [0.29, 0.717) is 0 Å². The summed E-state index contributed by atoms with van der Waals surface area (Å²) >= 11 is 0. The Morgan fingerprint density at radius 1 is 1.47 bits per heavy atom. The van der Waals surface area contributed by atoms with Crippen LogP contribution in [0.15, 0.2) is 28.7 Å². The second kappa shape index (κ2) is 5.66. The van der Waals surface area contributed by atoms with Crippen molar-refractivity contribution in [2.75, 3.05) is 7.11 Å². The second-order valence-corrected chi connectivity index (χ2v) is 5.04. The monoisotopic (exact) mass is 225 g/mol. The molecule has 0 bridgehead atoms. The predicted octanol–water partition coefficient (Wildman–Crippen LogP) is 2.19. The van der Waals surface area contributed by atoms with Gasteiger partial charge in [-0.3, -0.25) is 0 Å². The van der Waals surface area contributed by atoms with E-state index in [1.807, 2.05) is 38.1 Å². The van der Waals surface area contributed by atoms with Crippen molar-refractivity contribution >= 4 is 17.2 Å². The lowest BCUT2D eigenvalue weighted by atomic mass is 10.2. The lowest BCUT2D eigenvalue weighted by Crippen LogP contribution is -2.02. The first-order chi connectivity index (χ1) is 7.13. The molecule has 1 aromatic carbocycles. The minimum atomic E-state index is -1.15. The molecule has 82 valence electrons. The van der Waals surface area contributed by atoms with Gasteiger partial charge in [-0.05, 0) is 31.5 Å². The highest BCUT2D eigenvalue weighted by atomic mass is 32.2. The van der Waals surface area contributed by atoms with Gasteiger partial charge in [-0.15, -0.1) is 0 Å². The molecule has 0 saturated carbocycles. The van der Waals surface area contributed by atoms with Crippen LogP contribution < -0.4 is 4.74 Å². The number of hydrogen-bond acceptors (Lipinski definition) is 2. The van der Waals surface area contributed by atoms with Crippen molar-refractivity contribution in [1.82, 2.24) is 0 Å². The largest absolute Gasteiger partial charge is 0.497 e. The molecular weight excluding hydrogens is 210 g/mol. The fraction of sp³-hybridized carbons (Fsp3) is 0.364. The molecule has 0 N–H and O–H groups in total. The van der Waals surface area contributed by atoms with Gasteiger partial charge in [0.15, 0.2) is 0 Å². The SMILES string of the molecule is COc1cccc(/C=N/S(=O)C(C)C)c1. The van der Waals surface area contributed by atoms with Crippen molar-refractivity contribution in [2.24, 2.45) is 4.40 Å². The Hall–Kier alpha value is -1.16. The highest BCUT2D eigenvalue weighted by Crippen LogP contribution is 2.11. The molecule has 15 heavy (non-hydrogen) atoms. The molecule has 0 fully saturated rings. The fourth-order valence-corrected chi connectivity index (χ4v) is 1.43. The molecule has 0 aliphatic heterocycles. The third-order valence-corrected chi connectivity index (χ3v) is 2.92. The first kappa shape index (κ1) is 11.9. The van der Waals surface area contributed by atoms with Crippen LogP contribution in [0, 0.1) is 0 Å². The van der Waals surface area contributed by atoms with Crippen LogP contribution in [-0.4, -0.2) is 22.8 Å². The van der Waals surface area contributed by atoms with Gasteiger partial charge in [-0.1, -0.05) is 12.1 Å². The van der Waals surface area contributed by atoms with Crippen molar-refractivity contribution in [3.63, 3.8) is 0 Å². The van der Waals surface area contributed by atoms with Gasteiger partial charge in [-0.2, -0.15) is 4.40 Å². The molecule has 0 saturated heterocycles. The first-order valence-corrected chi connectivity index (χ1v) is 5.89. The summed E-state index contributed by atoms with van der Waals surface area (Å²) in [7, 11) is 0.461. The third-order valence-electron chi connectivity index (χ3n) is 1.80. The number of ether oxygens (including phenoxy) is 1. The van der Waals surface area contributed by atoms with Crippen LogP contribution in [0.1, 0.15) is 19.4 Å². The number of nitrogens with zero attached hydrogens (tertiary/aromatic N) is 1. The van der Waals surface area contributed by atoms with Gasteiger partial charge in [0.25, 0.3) is 0 Å². The van der Waals surface area contributed by atoms with Gasteiger partial charge in [0.05, 0.1) is 12.4 Å². The predicted molar refractivity (Wildman–Crippen MR) is 63.9 cm³/mol. The van der Waals surface area contributed by atoms with Crippen LogP contribution in [0.3, 0.4) is 0 Å². The summed E-state index contributed by atoms with van der Waals surface area (Å²) in [6.45, 7) is 3.75. The molecular formula is C11H15NO2S. The van der Waals surface area contributed by atoms with Gasteiger partial charge < -0.3 is 4.74 Å². The highest BCUT2D eigenvalue weighted by molar-refractivity contribution is 7.84. The highest BCUT2D eigenvalue weighted by Gasteiger charge is 2.00. The van der Waals surface area contributed by atoms with Gasteiger partial charge in [0, 0.05) is 6.21 Å². The number of rotatable bonds is 4.